The maximum absolute atomic E-state index is 12.6. The lowest BCUT2D eigenvalue weighted by molar-refractivity contribution is 0.468. The summed E-state index contributed by atoms with van der Waals surface area (Å²) < 4.78 is 3.45. The van der Waals surface area contributed by atoms with Crippen LogP contribution in [0.3, 0.4) is 0 Å². The summed E-state index contributed by atoms with van der Waals surface area (Å²) in [6, 6.07) is 10.7. The molecule has 7 heteroatoms. The van der Waals surface area contributed by atoms with Crippen LogP contribution in [0.5, 0.6) is 0 Å². The molecule has 0 radical (unpaired) electrons. The highest BCUT2D eigenvalue weighted by Gasteiger charge is 2.26. The van der Waals surface area contributed by atoms with Crippen LogP contribution in [0, 0.1) is 0 Å². The van der Waals surface area contributed by atoms with Gasteiger partial charge in [-0.2, -0.15) is 4.98 Å². The van der Waals surface area contributed by atoms with Gasteiger partial charge in [-0.15, -0.1) is 0 Å². The molecule has 4 rings (SSSR count). The number of imidazole rings is 1. The fraction of sp³-hybridized carbons (Fsp3) is 0.476. The fourth-order valence-electron chi connectivity index (χ4n) is 4.14. The minimum absolute atomic E-state index is 0.360. The quantitative estimate of drug-likeness (QED) is 0.736. The lowest BCUT2D eigenvalue weighted by Gasteiger charge is -2.34. The van der Waals surface area contributed by atoms with Crippen LogP contribution < -0.4 is 16.1 Å². The zero-order valence-corrected chi connectivity index (χ0v) is 16.5. The van der Waals surface area contributed by atoms with Gasteiger partial charge in [0.05, 0.1) is 0 Å². The standard InChI is InChI=1S/C21H27N5O2/c1-15-9-6-7-13-25(15)20-22-18-17(19(27)23-21(28)24(18)2)26(20)14-8-12-16-10-4-3-5-11-16/h3-5,10-11,15H,6-9,12-14H2,1-2H3,(H,23,27,28)/t15-/m0/s1. The maximum atomic E-state index is 12.6. The molecule has 1 aromatic carbocycles. The Morgan fingerprint density at radius 2 is 1.96 bits per heavy atom. The van der Waals surface area contributed by atoms with Crippen molar-refractivity contribution in [1.29, 1.82) is 0 Å². The van der Waals surface area contributed by atoms with Gasteiger partial charge in [-0.05, 0) is 44.6 Å². The van der Waals surface area contributed by atoms with Crippen molar-refractivity contribution in [2.24, 2.45) is 7.05 Å². The SMILES string of the molecule is C[C@H]1CCCCN1c1nc2c(c(=O)[nH]c(=O)n2C)n1CCCc1ccccc1. The summed E-state index contributed by atoms with van der Waals surface area (Å²) in [5.41, 5.74) is 1.44. The monoisotopic (exact) mass is 381 g/mol. The Hall–Kier alpha value is -2.83. The highest BCUT2D eigenvalue weighted by atomic mass is 16.2. The smallest absolute Gasteiger partial charge is 0.329 e. The number of aromatic nitrogens is 4. The Bertz CT molecular complexity index is 1080. The molecule has 28 heavy (non-hydrogen) atoms. The number of hydrogen-bond acceptors (Lipinski definition) is 4. The second kappa shape index (κ2) is 7.66. The highest BCUT2D eigenvalue weighted by molar-refractivity contribution is 5.74. The molecule has 7 nitrogen and oxygen atoms in total. The molecule has 148 valence electrons. The number of rotatable bonds is 5. The van der Waals surface area contributed by atoms with Crippen molar-refractivity contribution in [3.8, 4) is 0 Å². The lowest BCUT2D eigenvalue weighted by atomic mass is 10.0. The van der Waals surface area contributed by atoms with Crippen LogP contribution in [-0.4, -0.2) is 31.7 Å². The third-order valence-electron chi connectivity index (χ3n) is 5.74. The normalized spacial score (nSPS) is 17.4. The number of nitrogens with one attached hydrogen (secondary N) is 1. The van der Waals surface area contributed by atoms with Gasteiger partial charge in [-0.1, -0.05) is 30.3 Å². The summed E-state index contributed by atoms with van der Waals surface area (Å²) in [5, 5.41) is 0. The van der Waals surface area contributed by atoms with Crippen LogP contribution in [0.1, 0.15) is 38.2 Å². The van der Waals surface area contributed by atoms with Crippen molar-refractivity contribution in [2.75, 3.05) is 11.4 Å². The van der Waals surface area contributed by atoms with E-state index in [9.17, 15) is 9.59 Å². The number of anilines is 1. The van der Waals surface area contributed by atoms with Gasteiger partial charge in [0.15, 0.2) is 11.2 Å². The molecule has 3 heterocycles. The Morgan fingerprint density at radius 3 is 2.71 bits per heavy atom. The van der Waals surface area contributed by atoms with Gasteiger partial charge >= 0.3 is 5.69 Å². The van der Waals surface area contributed by atoms with Gasteiger partial charge in [0.25, 0.3) is 5.56 Å². The van der Waals surface area contributed by atoms with E-state index < -0.39 is 5.69 Å². The summed E-state index contributed by atoms with van der Waals surface area (Å²) in [4.78, 5) is 34.2. The molecular formula is C21H27N5O2. The van der Waals surface area contributed by atoms with E-state index in [2.05, 4.69) is 28.9 Å². The van der Waals surface area contributed by atoms with Crippen LogP contribution in [-0.2, 0) is 20.0 Å². The fourth-order valence-corrected chi connectivity index (χ4v) is 4.14. The molecule has 0 aliphatic carbocycles. The highest BCUT2D eigenvalue weighted by Crippen LogP contribution is 2.27. The molecule has 0 bridgehead atoms. The first kappa shape index (κ1) is 18.5. The molecule has 0 spiro atoms. The predicted molar refractivity (Wildman–Crippen MR) is 111 cm³/mol. The Morgan fingerprint density at radius 1 is 1.18 bits per heavy atom. The van der Waals surface area contributed by atoms with Gasteiger partial charge in [0, 0.05) is 26.2 Å². The van der Waals surface area contributed by atoms with Gasteiger partial charge in [0.2, 0.25) is 5.95 Å². The first-order valence-corrected chi connectivity index (χ1v) is 10.1. The molecule has 1 saturated heterocycles. The summed E-state index contributed by atoms with van der Waals surface area (Å²) in [5.74, 6) is 0.807. The number of nitrogens with zero attached hydrogens (tertiary/aromatic N) is 4. The summed E-state index contributed by atoms with van der Waals surface area (Å²) in [6.07, 6.45) is 5.27. The van der Waals surface area contributed by atoms with E-state index in [1.165, 1.54) is 16.6 Å². The van der Waals surface area contributed by atoms with Crippen molar-refractivity contribution >= 4 is 17.1 Å². The van der Waals surface area contributed by atoms with Gasteiger partial charge in [-0.3, -0.25) is 14.3 Å². The molecule has 0 saturated carbocycles. The molecule has 1 N–H and O–H groups in total. The van der Waals surface area contributed by atoms with Crippen molar-refractivity contribution < 1.29 is 0 Å². The largest absolute Gasteiger partial charge is 0.339 e. The molecule has 1 aliphatic heterocycles. The first-order valence-electron chi connectivity index (χ1n) is 10.1. The third-order valence-corrected chi connectivity index (χ3v) is 5.74. The second-order valence-electron chi connectivity index (χ2n) is 7.68. The minimum Gasteiger partial charge on any atom is -0.339 e. The molecule has 3 aromatic rings. The summed E-state index contributed by atoms with van der Waals surface area (Å²) in [6.45, 7) is 3.82. The Balaban J connectivity index is 1.75. The molecule has 0 amide bonds. The number of hydrogen-bond donors (Lipinski definition) is 1. The molecule has 0 unspecified atom stereocenters. The van der Waals surface area contributed by atoms with Crippen molar-refractivity contribution in [1.82, 2.24) is 19.1 Å². The lowest BCUT2D eigenvalue weighted by Crippen LogP contribution is -2.39. The number of aromatic amines is 1. The topological polar surface area (TPSA) is 75.9 Å². The number of H-pyrrole nitrogens is 1. The Labute approximate surface area is 163 Å². The van der Waals surface area contributed by atoms with Crippen LogP contribution in [0.25, 0.3) is 11.2 Å². The van der Waals surface area contributed by atoms with Crippen molar-refractivity contribution in [3.63, 3.8) is 0 Å². The van der Waals surface area contributed by atoms with Gasteiger partial charge < -0.3 is 9.47 Å². The summed E-state index contributed by atoms with van der Waals surface area (Å²) >= 11 is 0. The predicted octanol–water partition coefficient (Wildman–Crippen LogP) is 2.43. The third kappa shape index (κ3) is 3.37. The second-order valence-corrected chi connectivity index (χ2v) is 7.68. The van der Waals surface area contributed by atoms with Crippen LogP contribution in [0.15, 0.2) is 39.9 Å². The van der Waals surface area contributed by atoms with E-state index in [1.54, 1.807) is 7.05 Å². The van der Waals surface area contributed by atoms with Crippen LogP contribution >= 0.6 is 0 Å². The summed E-state index contributed by atoms with van der Waals surface area (Å²) in [7, 11) is 1.66. The molecule has 1 aliphatic rings. The van der Waals surface area contributed by atoms with E-state index in [-0.39, 0.29) is 5.56 Å². The molecule has 1 fully saturated rings. The van der Waals surface area contributed by atoms with Gasteiger partial charge in [-0.25, -0.2) is 4.79 Å². The molecule has 2 aromatic heterocycles. The van der Waals surface area contributed by atoms with Crippen molar-refractivity contribution in [3.05, 3.63) is 56.7 Å². The number of piperidine rings is 1. The van der Waals surface area contributed by atoms with E-state index in [0.717, 1.165) is 38.2 Å². The molecular weight excluding hydrogens is 354 g/mol. The average Bonchev–Trinajstić information content (AvgIpc) is 3.07. The Kier molecular flexibility index (Phi) is 5.07. The van der Waals surface area contributed by atoms with E-state index in [1.807, 2.05) is 22.8 Å². The number of benzene rings is 1. The number of aryl methyl sites for hydroxylation is 3. The van der Waals surface area contributed by atoms with Crippen molar-refractivity contribution in [2.45, 2.75) is 51.6 Å². The van der Waals surface area contributed by atoms with Crippen LogP contribution in [0.4, 0.5) is 5.95 Å². The van der Waals surface area contributed by atoms with Gasteiger partial charge in [0.1, 0.15) is 0 Å². The van der Waals surface area contributed by atoms with E-state index >= 15 is 0 Å². The minimum atomic E-state index is -0.426. The zero-order valence-electron chi connectivity index (χ0n) is 16.5. The number of fused-ring (bicyclic) bond motifs is 1. The molecule has 1 atom stereocenters. The first-order chi connectivity index (χ1) is 13.6. The van der Waals surface area contributed by atoms with E-state index in [0.29, 0.717) is 23.8 Å². The van der Waals surface area contributed by atoms with Crippen LogP contribution in [0.2, 0.25) is 0 Å². The zero-order chi connectivity index (χ0) is 19.7. The maximum Gasteiger partial charge on any atom is 0.329 e. The van der Waals surface area contributed by atoms with E-state index in [4.69, 9.17) is 4.98 Å². The average molecular weight is 381 g/mol.